The minimum Gasteiger partial charge on any atom is -0.793 e. The summed E-state index contributed by atoms with van der Waals surface area (Å²) in [5.74, 6) is 0. The van der Waals surface area contributed by atoms with Crippen LogP contribution in [0.1, 0.15) is 11.1 Å². The zero-order valence-corrected chi connectivity index (χ0v) is 12.0. The lowest BCUT2D eigenvalue weighted by Gasteiger charge is -2.25. The third-order valence-corrected chi connectivity index (χ3v) is 4.94. The predicted octanol–water partition coefficient (Wildman–Crippen LogP) is 3.31. The molecule has 2 rings (SSSR count). The molecule has 0 heterocycles. The first-order valence-corrected chi connectivity index (χ1v) is 7.71. The fourth-order valence-electron chi connectivity index (χ4n) is 1.88. The lowest BCUT2D eigenvalue weighted by atomic mass is 10.2. The van der Waals surface area contributed by atoms with Crippen molar-refractivity contribution in [3.05, 3.63) is 59.7 Å². The van der Waals surface area contributed by atoms with E-state index in [-0.39, 0.29) is 0 Å². The van der Waals surface area contributed by atoms with Gasteiger partial charge in [0.15, 0.2) is 0 Å². The van der Waals surface area contributed by atoms with Crippen LogP contribution in [0.5, 0.6) is 0 Å². The number of benzene rings is 2. The SMILES string of the molecule is O=P([O-])(c1cccc(C(F)(F)F)c1)c1cccc(C(F)(F)F)c1. The molecule has 0 radical (unpaired) electrons. The van der Waals surface area contributed by atoms with E-state index in [2.05, 4.69) is 0 Å². The van der Waals surface area contributed by atoms with Crippen molar-refractivity contribution in [2.75, 3.05) is 0 Å². The van der Waals surface area contributed by atoms with E-state index in [0.717, 1.165) is 24.3 Å². The molecule has 0 N–H and O–H groups in total. The van der Waals surface area contributed by atoms with Gasteiger partial charge < -0.3 is 9.46 Å². The van der Waals surface area contributed by atoms with E-state index in [1.807, 2.05) is 0 Å². The van der Waals surface area contributed by atoms with Crippen molar-refractivity contribution in [3.8, 4) is 0 Å². The van der Waals surface area contributed by atoms with Crippen molar-refractivity contribution in [1.29, 1.82) is 0 Å². The van der Waals surface area contributed by atoms with Gasteiger partial charge in [-0.05, 0) is 24.3 Å². The Labute approximate surface area is 126 Å². The Morgan fingerprint density at radius 1 is 0.739 bits per heavy atom. The fourth-order valence-corrected chi connectivity index (χ4v) is 3.36. The van der Waals surface area contributed by atoms with Crippen LogP contribution in [0, 0.1) is 0 Å². The highest BCUT2D eigenvalue weighted by Gasteiger charge is 2.33. The first kappa shape index (κ1) is 17.6. The summed E-state index contributed by atoms with van der Waals surface area (Å²) in [5.41, 5.74) is -2.39. The normalized spacial score (nSPS) is 13.2. The largest absolute Gasteiger partial charge is 0.793 e. The van der Waals surface area contributed by atoms with E-state index in [1.165, 1.54) is 0 Å². The summed E-state index contributed by atoms with van der Waals surface area (Å²) in [4.78, 5) is 12.3. The topological polar surface area (TPSA) is 40.1 Å². The summed E-state index contributed by atoms with van der Waals surface area (Å²) in [5, 5.41) is -1.40. The zero-order valence-electron chi connectivity index (χ0n) is 11.2. The van der Waals surface area contributed by atoms with Gasteiger partial charge >= 0.3 is 12.4 Å². The maximum atomic E-state index is 12.6. The number of halogens is 6. The molecule has 0 fully saturated rings. The summed E-state index contributed by atoms with van der Waals surface area (Å²) < 4.78 is 88.1. The van der Waals surface area contributed by atoms with Crippen LogP contribution in [-0.2, 0) is 16.9 Å². The predicted molar refractivity (Wildman–Crippen MR) is 69.8 cm³/mol. The fraction of sp³-hybridized carbons (Fsp3) is 0.143. The van der Waals surface area contributed by atoms with E-state index in [0.29, 0.717) is 24.3 Å². The first-order valence-electron chi connectivity index (χ1n) is 6.09. The van der Waals surface area contributed by atoms with Gasteiger partial charge in [-0.25, -0.2) is 0 Å². The number of rotatable bonds is 2. The van der Waals surface area contributed by atoms with Crippen molar-refractivity contribution < 1.29 is 35.8 Å². The minimum atomic E-state index is -4.84. The van der Waals surface area contributed by atoms with Crippen LogP contribution in [0.4, 0.5) is 26.3 Å². The average molecular weight is 353 g/mol. The Balaban J connectivity index is 2.53. The molecule has 0 amide bonds. The lowest BCUT2D eigenvalue weighted by Crippen LogP contribution is -2.26. The molecule has 2 aromatic carbocycles. The second-order valence-electron chi connectivity index (χ2n) is 4.65. The molecule has 0 atom stereocenters. The van der Waals surface area contributed by atoms with Gasteiger partial charge in [0.1, 0.15) is 0 Å². The molecule has 0 aliphatic rings. The third kappa shape index (κ3) is 3.76. The molecule has 2 nitrogen and oxygen atoms in total. The number of alkyl halides is 6. The van der Waals surface area contributed by atoms with Crippen LogP contribution in [-0.4, -0.2) is 0 Å². The Morgan fingerprint density at radius 3 is 1.39 bits per heavy atom. The molecular formula is C14H8F6O2P-. The quantitative estimate of drug-likeness (QED) is 0.614. The summed E-state index contributed by atoms with van der Waals surface area (Å²) in [6.45, 7) is 0. The van der Waals surface area contributed by atoms with Crippen molar-refractivity contribution in [2.45, 2.75) is 12.4 Å². The van der Waals surface area contributed by atoms with Crippen LogP contribution in [0.3, 0.4) is 0 Å². The van der Waals surface area contributed by atoms with Crippen LogP contribution in [0.15, 0.2) is 48.5 Å². The van der Waals surface area contributed by atoms with Crippen molar-refractivity contribution >= 4 is 18.0 Å². The molecule has 0 saturated carbocycles. The summed E-state index contributed by atoms with van der Waals surface area (Å²) in [7, 11) is -4.84. The molecule has 0 aliphatic heterocycles. The molecular weight excluding hydrogens is 345 g/mol. The minimum absolute atomic E-state index is 0.397. The van der Waals surface area contributed by atoms with E-state index in [1.54, 1.807) is 0 Å². The second kappa shape index (κ2) is 5.69. The molecule has 0 bridgehead atoms. The van der Waals surface area contributed by atoms with Crippen LogP contribution < -0.4 is 15.5 Å². The zero-order chi connectivity index (χ0) is 17.5. The monoisotopic (exact) mass is 353 g/mol. The smallest absolute Gasteiger partial charge is 0.416 e. The average Bonchev–Trinajstić information content (AvgIpc) is 2.46. The van der Waals surface area contributed by atoms with Gasteiger partial charge in [-0.1, -0.05) is 24.3 Å². The molecule has 2 aromatic rings. The van der Waals surface area contributed by atoms with Gasteiger partial charge in [0.2, 0.25) is 0 Å². The molecule has 9 heteroatoms. The van der Waals surface area contributed by atoms with Gasteiger partial charge in [0.25, 0.3) is 0 Å². The maximum Gasteiger partial charge on any atom is 0.416 e. The van der Waals surface area contributed by atoms with E-state index in [4.69, 9.17) is 0 Å². The Bertz CT molecular complexity index is 705. The molecule has 0 unspecified atom stereocenters. The van der Waals surface area contributed by atoms with Crippen molar-refractivity contribution in [2.24, 2.45) is 0 Å². The number of hydrogen-bond donors (Lipinski definition) is 0. The maximum absolute atomic E-state index is 12.6. The third-order valence-electron chi connectivity index (χ3n) is 3.03. The van der Waals surface area contributed by atoms with Gasteiger partial charge in [-0.2, -0.15) is 26.3 Å². The molecule has 0 saturated heterocycles. The molecule has 0 aliphatic carbocycles. The van der Waals surface area contributed by atoms with Crippen LogP contribution >= 0.6 is 7.37 Å². The van der Waals surface area contributed by atoms with Gasteiger partial charge in [-0.15, -0.1) is 0 Å². The van der Waals surface area contributed by atoms with Gasteiger partial charge in [0.05, 0.1) is 18.5 Å². The van der Waals surface area contributed by atoms with E-state index >= 15 is 0 Å². The van der Waals surface area contributed by atoms with Crippen LogP contribution in [0.2, 0.25) is 0 Å². The Hall–Kier alpha value is -1.79. The standard InChI is InChI=1S/C14H9F6O2P/c15-13(16,17)9-3-1-5-11(7-9)23(21,22)12-6-2-4-10(8-12)14(18,19)20/h1-8H,(H,21,22)/p-1. The van der Waals surface area contributed by atoms with Crippen LogP contribution in [0.25, 0.3) is 0 Å². The first-order chi connectivity index (χ1) is 10.4. The Morgan fingerprint density at radius 2 is 1.09 bits per heavy atom. The van der Waals surface area contributed by atoms with Gasteiger partial charge in [0, 0.05) is 10.6 Å². The molecule has 124 valence electrons. The Kier molecular flexibility index (Phi) is 4.34. The van der Waals surface area contributed by atoms with Gasteiger partial charge in [-0.3, -0.25) is 0 Å². The molecule has 23 heavy (non-hydrogen) atoms. The molecule has 0 aromatic heterocycles. The highest BCUT2D eigenvalue weighted by atomic mass is 31.2. The molecule has 0 spiro atoms. The highest BCUT2D eigenvalue weighted by molar-refractivity contribution is 7.72. The van der Waals surface area contributed by atoms with Crippen molar-refractivity contribution in [3.63, 3.8) is 0 Å². The lowest BCUT2D eigenvalue weighted by molar-refractivity contribution is -0.167. The second-order valence-corrected chi connectivity index (χ2v) is 6.78. The van der Waals surface area contributed by atoms with E-state index in [9.17, 15) is 35.8 Å². The summed E-state index contributed by atoms with van der Waals surface area (Å²) >= 11 is 0. The number of hydrogen-bond acceptors (Lipinski definition) is 2. The van der Waals surface area contributed by atoms with E-state index < -0.39 is 41.5 Å². The van der Waals surface area contributed by atoms with Crippen molar-refractivity contribution in [1.82, 2.24) is 0 Å². The summed E-state index contributed by atoms with van der Waals surface area (Å²) in [6, 6.07) is 5.73. The summed E-state index contributed by atoms with van der Waals surface area (Å²) in [6.07, 6.45) is -9.52. The highest BCUT2D eigenvalue weighted by Crippen LogP contribution is 2.38.